The number of ether oxygens (including phenoxy) is 2. The second-order valence-electron chi connectivity index (χ2n) is 13.4. The summed E-state index contributed by atoms with van der Waals surface area (Å²) in [7, 11) is 0. The molecular weight excluding hydrogens is 410 g/mol. The Balaban J connectivity index is 1.24. The minimum absolute atomic E-state index is 0.0621. The monoisotopic (exact) mass is 455 g/mol. The van der Waals surface area contributed by atoms with E-state index in [2.05, 4.69) is 39.1 Å². The van der Waals surface area contributed by atoms with Crippen molar-refractivity contribution in [2.45, 2.75) is 110 Å². The SMILES string of the molecule is CC(=O)OC1CC[C@@]2(C)C(=CCC3C4CC5O[C@@]6(CCC(C)CN6)C(C)C5[C@@]4(C)CCC32)C1. The van der Waals surface area contributed by atoms with Gasteiger partial charge in [0.05, 0.1) is 6.10 Å². The largest absolute Gasteiger partial charge is 0.462 e. The lowest BCUT2D eigenvalue weighted by Gasteiger charge is -2.58. The molecule has 0 radical (unpaired) electrons. The summed E-state index contributed by atoms with van der Waals surface area (Å²) in [6, 6.07) is 0. The Morgan fingerprint density at radius 2 is 1.94 bits per heavy atom. The predicted octanol–water partition coefficient (Wildman–Crippen LogP) is 5.86. The summed E-state index contributed by atoms with van der Waals surface area (Å²) in [6.45, 7) is 12.7. The zero-order valence-electron chi connectivity index (χ0n) is 21.5. The van der Waals surface area contributed by atoms with E-state index in [0.29, 0.717) is 28.8 Å². The van der Waals surface area contributed by atoms with Crippen molar-refractivity contribution in [1.82, 2.24) is 5.32 Å². The molecule has 1 spiro atoms. The molecule has 2 saturated heterocycles. The summed E-state index contributed by atoms with van der Waals surface area (Å²) in [5.74, 6) is 4.30. The van der Waals surface area contributed by atoms with Gasteiger partial charge in [0.1, 0.15) is 11.8 Å². The molecule has 2 aliphatic heterocycles. The average Bonchev–Trinajstić information content (AvgIpc) is 3.21. The maximum Gasteiger partial charge on any atom is 0.302 e. The molecule has 4 aliphatic carbocycles. The molecule has 0 aromatic heterocycles. The summed E-state index contributed by atoms with van der Waals surface area (Å²) in [5, 5.41) is 3.88. The molecule has 3 saturated carbocycles. The molecule has 2 heterocycles. The standard InChI is InChI=1S/C29H45NO3/c1-17-8-13-29(30-16-17)18(2)26-25(33-29)15-24-22-7-6-20-14-21(32-19(3)31)9-11-27(20,4)23(22)10-12-28(24,26)5/h6,17-18,21-26,30H,7-16H2,1-5H3/t17?,18?,21?,22?,23?,24?,25?,26?,27-,28-,29-/m0/s1. The molecule has 8 unspecified atom stereocenters. The minimum Gasteiger partial charge on any atom is -0.462 e. The maximum atomic E-state index is 11.5. The number of esters is 1. The number of nitrogens with one attached hydrogen (secondary N) is 1. The summed E-state index contributed by atoms with van der Waals surface area (Å²) in [4.78, 5) is 11.5. The van der Waals surface area contributed by atoms with Crippen molar-refractivity contribution in [1.29, 1.82) is 0 Å². The molecular formula is C29H45NO3. The Bertz CT molecular complexity index is 844. The third kappa shape index (κ3) is 3.18. The van der Waals surface area contributed by atoms with Crippen LogP contribution in [0.4, 0.5) is 0 Å². The summed E-state index contributed by atoms with van der Waals surface area (Å²) in [6.07, 6.45) is 13.9. The molecule has 0 aromatic rings. The van der Waals surface area contributed by atoms with Crippen LogP contribution in [0.5, 0.6) is 0 Å². The average molecular weight is 456 g/mol. The molecule has 0 amide bonds. The third-order valence-corrected chi connectivity index (χ3v) is 11.9. The van der Waals surface area contributed by atoms with Crippen molar-refractivity contribution in [2.75, 3.05) is 6.54 Å². The number of hydrogen-bond donors (Lipinski definition) is 1. The van der Waals surface area contributed by atoms with Crippen molar-refractivity contribution in [3.8, 4) is 0 Å². The van der Waals surface area contributed by atoms with Gasteiger partial charge >= 0.3 is 5.97 Å². The van der Waals surface area contributed by atoms with E-state index in [1.807, 2.05) is 0 Å². The smallest absolute Gasteiger partial charge is 0.302 e. The van der Waals surface area contributed by atoms with Crippen LogP contribution in [0.3, 0.4) is 0 Å². The van der Waals surface area contributed by atoms with Gasteiger partial charge in [0.25, 0.3) is 0 Å². The summed E-state index contributed by atoms with van der Waals surface area (Å²) >= 11 is 0. The van der Waals surface area contributed by atoms with Crippen molar-refractivity contribution in [2.24, 2.45) is 46.3 Å². The number of piperidine rings is 1. The maximum absolute atomic E-state index is 11.5. The highest BCUT2D eigenvalue weighted by Gasteiger charge is 2.68. The Labute approximate surface area is 200 Å². The molecule has 6 rings (SSSR count). The van der Waals surface area contributed by atoms with Crippen LogP contribution in [0.1, 0.15) is 92.4 Å². The van der Waals surface area contributed by atoms with Gasteiger partial charge in [0.2, 0.25) is 0 Å². The molecule has 11 atom stereocenters. The van der Waals surface area contributed by atoms with Gasteiger partial charge in [0, 0.05) is 25.8 Å². The minimum atomic E-state index is -0.127. The number of rotatable bonds is 1. The van der Waals surface area contributed by atoms with E-state index in [4.69, 9.17) is 9.47 Å². The molecule has 6 aliphatic rings. The predicted molar refractivity (Wildman–Crippen MR) is 129 cm³/mol. The van der Waals surface area contributed by atoms with Crippen LogP contribution in [0, 0.1) is 46.3 Å². The van der Waals surface area contributed by atoms with E-state index in [-0.39, 0.29) is 17.8 Å². The van der Waals surface area contributed by atoms with Crippen LogP contribution in [0.2, 0.25) is 0 Å². The van der Waals surface area contributed by atoms with Crippen molar-refractivity contribution in [3.05, 3.63) is 11.6 Å². The first-order valence-electron chi connectivity index (χ1n) is 14.0. The Morgan fingerprint density at radius 3 is 2.67 bits per heavy atom. The van der Waals surface area contributed by atoms with Crippen molar-refractivity contribution >= 4 is 5.97 Å². The first-order chi connectivity index (χ1) is 15.7. The molecule has 0 bridgehead atoms. The normalized spacial score (nSPS) is 55.2. The van der Waals surface area contributed by atoms with E-state index in [0.717, 1.165) is 43.1 Å². The summed E-state index contributed by atoms with van der Waals surface area (Å²) < 4.78 is 12.6. The van der Waals surface area contributed by atoms with E-state index in [1.165, 1.54) is 44.9 Å². The van der Waals surface area contributed by atoms with Crippen molar-refractivity contribution < 1.29 is 14.3 Å². The Kier molecular flexibility index (Phi) is 5.18. The highest BCUT2D eigenvalue weighted by atomic mass is 16.5. The van der Waals surface area contributed by atoms with Crippen LogP contribution >= 0.6 is 0 Å². The van der Waals surface area contributed by atoms with Crippen LogP contribution in [0.15, 0.2) is 11.6 Å². The number of carbonyl (C=O) groups excluding carboxylic acids is 1. The van der Waals surface area contributed by atoms with E-state index in [1.54, 1.807) is 12.5 Å². The topological polar surface area (TPSA) is 47.6 Å². The third-order valence-electron chi connectivity index (χ3n) is 11.9. The lowest BCUT2D eigenvalue weighted by atomic mass is 9.47. The number of fused-ring (bicyclic) bond motifs is 7. The summed E-state index contributed by atoms with van der Waals surface area (Å²) in [5.41, 5.74) is 2.24. The molecule has 0 aromatic carbocycles. The highest BCUT2D eigenvalue weighted by molar-refractivity contribution is 5.66. The Hall–Kier alpha value is -0.870. The Morgan fingerprint density at radius 1 is 1.12 bits per heavy atom. The number of carbonyl (C=O) groups is 1. The fourth-order valence-electron chi connectivity index (χ4n) is 10.2. The van der Waals surface area contributed by atoms with Gasteiger partial charge in [-0.25, -0.2) is 0 Å². The molecule has 33 heavy (non-hydrogen) atoms. The van der Waals surface area contributed by atoms with E-state index in [9.17, 15) is 4.79 Å². The molecule has 184 valence electrons. The van der Waals surface area contributed by atoms with Gasteiger partial charge < -0.3 is 9.47 Å². The van der Waals surface area contributed by atoms with Gasteiger partial charge in [-0.15, -0.1) is 0 Å². The first-order valence-corrected chi connectivity index (χ1v) is 14.0. The van der Waals surface area contributed by atoms with Gasteiger partial charge in [-0.2, -0.15) is 0 Å². The second-order valence-corrected chi connectivity index (χ2v) is 13.4. The van der Waals surface area contributed by atoms with Gasteiger partial charge in [0.15, 0.2) is 0 Å². The fourth-order valence-corrected chi connectivity index (χ4v) is 10.2. The van der Waals surface area contributed by atoms with Crippen LogP contribution < -0.4 is 5.32 Å². The first kappa shape index (κ1) is 22.6. The highest BCUT2D eigenvalue weighted by Crippen LogP contribution is 2.70. The molecule has 4 heteroatoms. The van der Waals surface area contributed by atoms with Crippen LogP contribution in [-0.2, 0) is 14.3 Å². The lowest BCUT2D eigenvalue weighted by molar-refractivity contribution is -0.148. The number of allylic oxidation sites excluding steroid dienone is 1. The van der Waals surface area contributed by atoms with Gasteiger partial charge in [-0.1, -0.05) is 39.3 Å². The van der Waals surface area contributed by atoms with Crippen LogP contribution in [-0.4, -0.2) is 30.4 Å². The second kappa shape index (κ2) is 7.56. The van der Waals surface area contributed by atoms with Crippen molar-refractivity contribution in [3.63, 3.8) is 0 Å². The zero-order chi connectivity index (χ0) is 23.2. The zero-order valence-corrected chi connectivity index (χ0v) is 21.5. The van der Waals surface area contributed by atoms with Crippen LogP contribution in [0.25, 0.3) is 0 Å². The molecule has 1 N–H and O–H groups in total. The fraction of sp³-hybridized carbons (Fsp3) is 0.897. The molecule has 5 fully saturated rings. The number of hydrogen-bond acceptors (Lipinski definition) is 4. The molecule has 4 nitrogen and oxygen atoms in total. The van der Waals surface area contributed by atoms with Gasteiger partial charge in [-0.05, 0) is 91.8 Å². The van der Waals surface area contributed by atoms with E-state index >= 15 is 0 Å². The van der Waals surface area contributed by atoms with Gasteiger partial charge in [-0.3, -0.25) is 10.1 Å². The lowest BCUT2D eigenvalue weighted by Crippen LogP contribution is -2.57. The quantitative estimate of drug-likeness (QED) is 0.397. The van der Waals surface area contributed by atoms with E-state index < -0.39 is 0 Å².